The van der Waals surface area contributed by atoms with Crippen LogP contribution in [0, 0.1) is 11.3 Å². The summed E-state index contributed by atoms with van der Waals surface area (Å²) in [6.45, 7) is 0.575. The van der Waals surface area contributed by atoms with Gasteiger partial charge >= 0.3 is 0 Å². The molecule has 8 nitrogen and oxygen atoms in total. The normalized spacial score (nSPS) is 10.1. The molecule has 1 heterocycles. The van der Waals surface area contributed by atoms with Crippen LogP contribution in [0.4, 0.5) is 11.4 Å². The van der Waals surface area contributed by atoms with Crippen molar-refractivity contribution in [2.45, 2.75) is 25.9 Å². The highest BCUT2D eigenvalue weighted by atomic mass is 16.5. The van der Waals surface area contributed by atoms with Crippen LogP contribution in [-0.4, -0.2) is 30.5 Å². The first-order chi connectivity index (χ1) is 16.6. The molecule has 8 heteroatoms. The number of para-hydroxylation sites is 1. The zero-order valence-electron chi connectivity index (χ0n) is 18.9. The molecular weight excluding hydrogens is 432 g/mol. The first-order valence-electron chi connectivity index (χ1n) is 10.8. The maximum Gasteiger partial charge on any atom is 0.227 e. The predicted octanol–water partition coefficient (Wildman–Crippen LogP) is 4.33. The number of methoxy groups -OCH3 is 1. The van der Waals surface area contributed by atoms with Crippen LogP contribution in [0.25, 0.3) is 0 Å². The van der Waals surface area contributed by atoms with Gasteiger partial charge in [0, 0.05) is 54.8 Å². The standard InChI is InChI=1S/C26H26N4O4/c1-33-23-11-10-21(17-24(23)34-19-20-7-5-15-28-18-20)29-25(31)12-13-26(32)30(16-6-14-27)22-8-3-2-4-9-22/h2-5,7-11,15,17-18H,6,12-13,16,19H2,1H3,(H,29,31). The van der Waals surface area contributed by atoms with Crippen molar-refractivity contribution in [3.05, 3.63) is 78.6 Å². The molecule has 1 aromatic heterocycles. The Labute approximate surface area is 198 Å². The quantitative estimate of drug-likeness (QED) is 0.458. The van der Waals surface area contributed by atoms with Gasteiger partial charge in [0.05, 0.1) is 19.6 Å². The van der Waals surface area contributed by atoms with Crippen molar-refractivity contribution in [3.63, 3.8) is 0 Å². The van der Waals surface area contributed by atoms with Gasteiger partial charge in [0.15, 0.2) is 11.5 Å². The molecule has 0 fully saturated rings. The largest absolute Gasteiger partial charge is 0.493 e. The van der Waals surface area contributed by atoms with E-state index in [2.05, 4.69) is 16.4 Å². The van der Waals surface area contributed by atoms with E-state index in [0.717, 1.165) is 5.56 Å². The molecule has 0 unspecified atom stereocenters. The van der Waals surface area contributed by atoms with Crippen LogP contribution < -0.4 is 19.7 Å². The Hall–Kier alpha value is -4.38. The summed E-state index contributed by atoms with van der Waals surface area (Å²) in [4.78, 5) is 30.9. The zero-order valence-corrected chi connectivity index (χ0v) is 18.9. The fraction of sp³-hybridized carbons (Fsp3) is 0.231. The number of rotatable bonds is 11. The van der Waals surface area contributed by atoms with Gasteiger partial charge in [0.2, 0.25) is 11.8 Å². The topological polar surface area (TPSA) is 105 Å². The van der Waals surface area contributed by atoms with Gasteiger partial charge in [-0.1, -0.05) is 24.3 Å². The summed E-state index contributed by atoms with van der Waals surface area (Å²) < 4.78 is 11.2. The second-order valence-electron chi connectivity index (χ2n) is 7.35. The number of hydrogen-bond donors (Lipinski definition) is 1. The van der Waals surface area contributed by atoms with Crippen molar-refractivity contribution in [3.8, 4) is 17.6 Å². The molecule has 0 atom stereocenters. The van der Waals surface area contributed by atoms with E-state index in [9.17, 15) is 9.59 Å². The van der Waals surface area contributed by atoms with Crippen LogP contribution in [0.15, 0.2) is 73.1 Å². The molecule has 34 heavy (non-hydrogen) atoms. The van der Waals surface area contributed by atoms with Gasteiger partial charge in [-0.25, -0.2) is 0 Å². The number of ether oxygens (including phenoxy) is 2. The molecule has 2 aromatic carbocycles. The van der Waals surface area contributed by atoms with Gasteiger partial charge in [0.1, 0.15) is 6.61 Å². The average molecular weight is 459 g/mol. The van der Waals surface area contributed by atoms with Crippen molar-refractivity contribution in [2.75, 3.05) is 23.9 Å². The van der Waals surface area contributed by atoms with E-state index in [0.29, 0.717) is 29.5 Å². The van der Waals surface area contributed by atoms with Crippen molar-refractivity contribution < 1.29 is 19.1 Å². The van der Waals surface area contributed by atoms with Gasteiger partial charge in [-0.3, -0.25) is 14.6 Å². The molecule has 0 spiro atoms. The molecule has 0 saturated carbocycles. The second kappa shape index (κ2) is 12.6. The Balaban J connectivity index is 1.59. The van der Waals surface area contributed by atoms with Crippen LogP contribution in [0.5, 0.6) is 11.5 Å². The first-order valence-corrected chi connectivity index (χ1v) is 10.8. The van der Waals surface area contributed by atoms with Gasteiger partial charge in [-0.2, -0.15) is 5.26 Å². The SMILES string of the molecule is COc1ccc(NC(=O)CCC(=O)N(CCC#N)c2ccccc2)cc1OCc1cccnc1. The highest BCUT2D eigenvalue weighted by Crippen LogP contribution is 2.31. The number of carbonyl (C=O) groups is 2. The fourth-order valence-corrected chi connectivity index (χ4v) is 3.26. The minimum Gasteiger partial charge on any atom is -0.493 e. The van der Waals surface area contributed by atoms with E-state index in [1.807, 2.05) is 30.3 Å². The molecule has 3 aromatic rings. The number of carbonyl (C=O) groups excluding carboxylic acids is 2. The molecule has 0 saturated heterocycles. The van der Waals surface area contributed by atoms with Crippen LogP contribution in [-0.2, 0) is 16.2 Å². The summed E-state index contributed by atoms with van der Waals surface area (Å²) in [5, 5.41) is 11.7. The third-order valence-electron chi connectivity index (χ3n) is 4.95. The number of anilines is 2. The van der Waals surface area contributed by atoms with Crippen molar-refractivity contribution >= 4 is 23.2 Å². The van der Waals surface area contributed by atoms with Gasteiger partial charge in [-0.15, -0.1) is 0 Å². The van der Waals surface area contributed by atoms with E-state index in [1.165, 1.54) is 4.90 Å². The molecule has 174 valence electrons. The zero-order chi connectivity index (χ0) is 24.2. The summed E-state index contributed by atoms with van der Waals surface area (Å²) in [5.41, 5.74) is 2.13. The number of pyridine rings is 1. The first kappa shape index (κ1) is 24.3. The predicted molar refractivity (Wildman–Crippen MR) is 128 cm³/mol. The van der Waals surface area contributed by atoms with Crippen LogP contribution in [0.1, 0.15) is 24.8 Å². The lowest BCUT2D eigenvalue weighted by Gasteiger charge is -2.21. The maximum atomic E-state index is 12.8. The van der Waals surface area contributed by atoms with Crippen LogP contribution in [0.2, 0.25) is 0 Å². The van der Waals surface area contributed by atoms with Crippen LogP contribution in [0.3, 0.4) is 0 Å². The highest BCUT2D eigenvalue weighted by molar-refractivity contribution is 5.98. The van der Waals surface area contributed by atoms with Crippen LogP contribution >= 0.6 is 0 Å². The highest BCUT2D eigenvalue weighted by Gasteiger charge is 2.17. The Bertz CT molecular complexity index is 1130. The average Bonchev–Trinajstić information content (AvgIpc) is 2.88. The Morgan fingerprint density at radius 2 is 1.88 bits per heavy atom. The van der Waals surface area contributed by atoms with Crippen molar-refractivity contribution in [1.82, 2.24) is 4.98 Å². The molecule has 0 aliphatic carbocycles. The molecule has 0 aliphatic heterocycles. The number of amides is 2. The molecular formula is C26H26N4O4. The lowest BCUT2D eigenvalue weighted by Crippen LogP contribution is -2.32. The minimum absolute atomic E-state index is 0.00657. The Morgan fingerprint density at radius 3 is 2.59 bits per heavy atom. The number of benzene rings is 2. The summed E-state index contributed by atoms with van der Waals surface area (Å²) >= 11 is 0. The van der Waals surface area contributed by atoms with E-state index in [-0.39, 0.29) is 37.6 Å². The Kier molecular flexibility index (Phi) is 9.00. The molecule has 0 bridgehead atoms. The van der Waals surface area contributed by atoms with Gasteiger partial charge < -0.3 is 19.7 Å². The maximum absolute atomic E-state index is 12.8. The lowest BCUT2D eigenvalue weighted by molar-refractivity contribution is -0.122. The van der Waals surface area contributed by atoms with Gasteiger partial charge in [0.25, 0.3) is 0 Å². The molecule has 0 radical (unpaired) electrons. The number of hydrogen-bond acceptors (Lipinski definition) is 6. The third-order valence-corrected chi connectivity index (χ3v) is 4.95. The van der Waals surface area contributed by atoms with Gasteiger partial charge in [-0.05, 0) is 30.3 Å². The smallest absolute Gasteiger partial charge is 0.227 e. The molecule has 1 N–H and O–H groups in total. The summed E-state index contributed by atoms with van der Waals surface area (Å²) in [7, 11) is 1.54. The second-order valence-corrected chi connectivity index (χ2v) is 7.35. The summed E-state index contributed by atoms with van der Waals surface area (Å²) in [6.07, 6.45) is 3.64. The third kappa shape index (κ3) is 7.07. The molecule has 3 rings (SSSR count). The number of aromatic nitrogens is 1. The monoisotopic (exact) mass is 458 g/mol. The molecule has 2 amide bonds. The summed E-state index contributed by atoms with van der Waals surface area (Å²) in [5.74, 6) is 0.497. The lowest BCUT2D eigenvalue weighted by atomic mass is 10.2. The van der Waals surface area contributed by atoms with E-state index in [4.69, 9.17) is 14.7 Å². The fourth-order valence-electron chi connectivity index (χ4n) is 3.26. The number of nitrogens with zero attached hydrogens (tertiary/aromatic N) is 3. The number of nitrogens with one attached hydrogen (secondary N) is 1. The molecule has 0 aliphatic rings. The van der Waals surface area contributed by atoms with Crippen molar-refractivity contribution in [2.24, 2.45) is 0 Å². The van der Waals surface area contributed by atoms with E-state index < -0.39 is 0 Å². The van der Waals surface area contributed by atoms with Crippen molar-refractivity contribution in [1.29, 1.82) is 5.26 Å². The van der Waals surface area contributed by atoms with E-state index >= 15 is 0 Å². The Morgan fingerprint density at radius 1 is 1.06 bits per heavy atom. The minimum atomic E-state index is -0.301. The van der Waals surface area contributed by atoms with E-state index in [1.54, 1.807) is 49.8 Å². The summed E-state index contributed by atoms with van der Waals surface area (Å²) in [6, 6.07) is 20.0. The number of nitriles is 1.